The highest BCUT2D eigenvalue weighted by Crippen LogP contribution is 2.28. The molecule has 1 heterocycles. The summed E-state index contributed by atoms with van der Waals surface area (Å²) < 4.78 is 0. The Morgan fingerprint density at radius 2 is 1.81 bits per heavy atom. The molecule has 0 aromatic heterocycles. The fourth-order valence-corrected chi connectivity index (χ4v) is 4.18. The van der Waals surface area contributed by atoms with Gasteiger partial charge < -0.3 is 10.6 Å². The average molecular weight is 370 g/mol. The number of nitrogens with one attached hydrogen (secondary N) is 1. The van der Waals surface area contributed by atoms with Crippen molar-refractivity contribution in [1.82, 2.24) is 10.2 Å². The molecule has 0 unspecified atom stereocenters. The van der Waals surface area contributed by atoms with E-state index < -0.39 is 6.04 Å². The maximum absolute atomic E-state index is 12.6. The van der Waals surface area contributed by atoms with E-state index in [0.717, 1.165) is 6.42 Å². The van der Waals surface area contributed by atoms with Crippen molar-refractivity contribution in [3.05, 3.63) is 47.5 Å². The van der Waals surface area contributed by atoms with E-state index >= 15 is 0 Å². The molecule has 2 atom stereocenters. The standard InChI is InChI=1S/C22H31N3O2/c1-16(22(23)27)24-20(13-17-7-3-2-4-8-17)11-12-21(26)25-14-18-9-5-6-10-19(18)15-25/h5-6,9-12,16-17,20,24H,2-4,7-8,13-15H2,1H3,(H2,23,27)/b12-11+/t16-,20+/m0/s1. The average Bonchev–Trinajstić information content (AvgIpc) is 3.11. The van der Waals surface area contributed by atoms with E-state index in [0.29, 0.717) is 19.0 Å². The van der Waals surface area contributed by atoms with Gasteiger partial charge in [-0.1, -0.05) is 62.4 Å². The van der Waals surface area contributed by atoms with E-state index in [9.17, 15) is 9.59 Å². The summed E-state index contributed by atoms with van der Waals surface area (Å²) in [7, 11) is 0. The lowest BCUT2D eigenvalue weighted by Crippen LogP contribution is -2.44. The van der Waals surface area contributed by atoms with Crippen LogP contribution in [0.15, 0.2) is 36.4 Å². The number of benzene rings is 1. The minimum Gasteiger partial charge on any atom is -0.368 e. The van der Waals surface area contributed by atoms with Gasteiger partial charge in [-0.25, -0.2) is 0 Å². The number of primary amides is 1. The Hall–Kier alpha value is -2.14. The Balaban J connectivity index is 1.61. The molecule has 5 heteroatoms. The van der Waals surface area contributed by atoms with Crippen LogP contribution in [0.2, 0.25) is 0 Å². The molecule has 3 rings (SSSR count). The van der Waals surface area contributed by atoms with E-state index in [4.69, 9.17) is 5.73 Å². The van der Waals surface area contributed by atoms with Gasteiger partial charge in [0.1, 0.15) is 0 Å². The molecule has 27 heavy (non-hydrogen) atoms. The fourth-order valence-electron chi connectivity index (χ4n) is 4.18. The van der Waals surface area contributed by atoms with E-state index in [1.54, 1.807) is 13.0 Å². The molecular weight excluding hydrogens is 338 g/mol. The SMILES string of the molecule is C[C@H](N[C@H](/C=C/C(=O)N1Cc2ccccc2C1)CC1CCCCC1)C(N)=O. The summed E-state index contributed by atoms with van der Waals surface area (Å²) >= 11 is 0. The van der Waals surface area contributed by atoms with Gasteiger partial charge in [0.2, 0.25) is 11.8 Å². The highest BCUT2D eigenvalue weighted by atomic mass is 16.2. The summed E-state index contributed by atoms with van der Waals surface area (Å²) in [5.41, 5.74) is 7.86. The molecule has 1 fully saturated rings. The van der Waals surface area contributed by atoms with E-state index in [1.807, 2.05) is 23.1 Å². The predicted molar refractivity (Wildman–Crippen MR) is 107 cm³/mol. The molecule has 1 aromatic rings. The Morgan fingerprint density at radius 1 is 1.19 bits per heavy atom. The monoisotopic (exact) mass is 369 g/mol. The van der Waals surface area contributed by atoms with Gasteiger partial charge in [0.25, 0.3) is 0 Å². The highest BCUT2D eigenvalue weighted by Gasteiger charge is 2.23. The van der Waals surface area contributed by atoms with Crippen LogP contribution in [0.1, 0.15) is 56.6 Å². The van der Waals surface area contributed by atoms with Gasteiger partial charge in [0, 0.05) is 25.2 Å². The number of fused-ring (bicyclic) bond motifs is 1. The third-order valence-corrected chi connectivity index (χ3v) is 5.83. The largest absolute Gasteiger partial charge is 0.368 e. The normalized spacial score (nSPS) is 19.8. The van der Waals surface area contributed by atoms with Crippen LogP contribution in [0.3, 0.4) is 0 Å². The molecule has 1 aliphatic carbocycles. The third kappa shape index (κ3) is 5.42. The highest BCUT2D eigenvalue weighted by molar-refractivity contribution is 5.88. The van der Waals surface area contributed by atoms with Crippen LogP contribution in [0.4, 0.5) is 0 Å². The van der Waals surface area contributed by atoms with Crippen LogP contribution in [-0.4, -0.2) is 28.8 Å². The van der Waals surface area contributed by atoms with Crippen molar-refractivity contribution >= 4 is 11.8 Å². The molecule has 0 bridgehead atoms. The molecule has 146 valence electrons. The van der Waals surface area contributed by atoms with Crippen LogP contribution in [0.25, 0.3) is 0 Å². The summed E-state index contributed by atoms with van der Waals surface area (Å²) in [6.07, 6.45) is 10.9. The first-order valence-electron chi connectivity index (χ1n) is 10.1. The Labute approximate surface area is 162 Å². The number of rotatable bonds is 7. The Bertz CT molecular complexity index is 670. The number of carbonyl (C=O) groups is 2. The van der Waals surface area contributed by atoms with Crippen LogP contribution in [0, 0.1) is 5.92 Å². The minimum absolute atomic E-state index is 0.00970. The van der Waals surface area contributed by atoms with Crippen molar-refractivity contribution in [1.29, 1.82) is 0 Å². The van der Waals surface area contributed by atoms with Crippen LogP contribution in [0.5, 0.6) is 0 Å². The van der Waals surface area contributed by atoms with E-state index in [2.05, 4.69) is 17.4 Å². The van der Waals surface area contributed by atoms with Gasteiger partial charge in [-0.2, -0.15) is 0 Å². The number of nitrogens with two attached hydrogens (primary N) is 1. The molecule has 0 radical (unpaired) electrons. The maximum atomic E-state index is 12.6. The molecule has 5 nitrogen and oxygen atoms in total. The van der Waals surface area contributed by atoms with Gasteiger partial charge in [-0.3, -0.25) is 14.9 Å². The van der Waals surface area contributed by atoms with Gasteiger partial charge in [-0.05, 0) is 30.4 Å². The first-order chi connectivity index (χ1) is 13.0. The number of carbonyl (C=O) groups excluding carboxylic acids is 2. The van der Waals surface area contributed by atoms with Gasteiger partial charge in [0.05, 0.1) is 6.04 Å². The molecule has 3 N–H and O–H groups in total. The van der Waals surface area contributed by atoms with Gasteiger partial charge in [-0.15, -0.1) is 0 Å². The second-order valence-corrected chi connectivity index (χ2v) is 7.96. The minimum atomic E-state index is -0.408. The second-order valence-electron chi connectivity index (χ2n) is 7.96. The second kappa shape index (κ2) is 9.18. The van der Waals surface area contributed by atoms with Gasteiger partial charge >= 0.3 is 0 Å². The molecule has 0 spiro atoms. The van der Waals surface area contributed by atoms with Crippen molar-refractivity contribution in [2.45, 2.75) is 70.6 Å². The maximum Gasteiger partial charge on any atom is 0.246 e. The fraction of sp³-hybridized carbons (Fsp3) is 0.545. The van der Waals surface area contributed by atoms with Crippen molar-refractivity contribution in [3.8, 4) is 0 Å². The molecule has 1 aromatic carbocycles. The van der Waals surface area contributed by atoms with Crippen molar-refractivity contribution in [2.24, 2.45) is 11.7 Å². The molecule has 0 saturated heterocycles. The lowest BCUT2D eigenvalue weighted by molar-refractivity contribution is -0.126. The lowest BCUT2D eigenvalue weighted by atomic mass is 9.84. The molecule has 2 aliphatic rings. The van der Waals surface area contributed by atoms with E-state index in [1.165, 1.54) is 43.2 Å². The Morgan fingerprint density at radius 3 is 2.41 bits per heavy atom. The zero-order valence-corrected chi connectivity index (χ0v) is 16.2. The van der Waals surface area contributed by atoms with Crippen molar-refractivity contribution in [3.63, 3.8) is 0 Å². The number of nitrogens with zero attached hydrogens (tertiary/aromatic N) is 1. The van der Waals surface area contributed by atoms with Crippen LogP contribution in [-0.2, 0) is 22.7 Å². The predicted octanol–water partition coefficient (Wildman–Crippen LogP) is 2.89. The number of hydrogen-bond donors (Lipinski definition) is 2. The molecular formula is C22H31N3O2. The quantitative estimate of drug-likeness (QED) is 0.726. The number of hydrogen-bond acceptors (Lipinski definition) is 3. The zero-order chi connectivity index (χ0) is 19.2. The first kappa shape index (κ1) is 19.6. The van der Waals surface area contributed by atoms with Crippen molar-refractivity contribution < 1.29 is 9.59 Å². The summed E-state index contributed by atoms with van der Waals surface area (Å²) in [6, 6.07) is 7.76. The summed E-state index contributed by atoms with van der Waals surface area (Å²) in [6.45, 7) is 3.11. The zero-order valence-electron chi connectivity index (χ0n) is 16.2. The molecule has 2 amide bonds. The summed E-state index contributed by atoms with van der Waals surface area (Å²) in [5.74, 6) is 0.304. The molecule has 1 saturated carbocycles. The Kier molecular flexibility index (Phi) is 6.67. The summed E-state index contributed by atoms with van der Waals surface area (Å²) in [5, 5.41) is 3.29. The van der Waals surface area contributed by atoms with Gasteiger partial charge in [0.15, 0.2) is 0 Å². The number of amides is 2. The topological polar surface area (TPSA) is 75.4 Å². The third-order valence-electron chi connectivity index (χ3n) is 5.83. The van der Waals surface area contributed by atoms with Crippen molar-refractivity contribution in [2.75, 3.05) is 0 Å². The lowest BCUT2D eigenvalue weighted by Gasteiger charge is -2.27. The summed E-state index contributed by atoms with van der Waals surface area (Å²) in [4.78, 5) is 26.0. The van der Waals surface area contributed by atoms with Crippen LogP contribution >= 0.6 is 0 Å². The molecule has 1 aliphatic heterocycles. The van der Waals surface area contributed by atoms with E-state index in [-0.39, 0.29) is 17.9 Å². The first-order valence-corrected chi connectivity index (χ1v) is 10.1. The van der Waals surface area contributed by atoms with Crippen LogP contribution < -0.4 is 11.1 Å². The smallest absolute Gasteiger partial charge is 0.246 e.